The Bertz CT molecular complexity index is 499. The second kappa shape index (κ2) is 6.03. The van der Waals surface area contributed by atoms with Crippen molar-refractivity contribution in [3.63, 3.8) is 0 Å². The van der Waals surface area contributed by atoms with Crippen molar-refractivity contribution < 1.29 is 17.7 Å². The number of aryl methyl sites for hydroxylation is 1. The number of hydrogen-bond donors (Lipinski definition) is 1. The van der Waals surface area contributed by atoms with E-state index >= 15 is 0 Å². The largest absolute Gasteiger partial charge is 0.393 e. The Hall–Kier alpha value is -0.910. The molecule has 0 unspecified atom stereocenters. The van der Waals surface area contributed by atoms with E-state index in [1.807, 2.05) is 6.92 Å². The zero-order valence-electron chi connectivity index (χ0n) is 11.1. The Balaban J connectivity index is 1.92. The molecular formula is C14H20O4S. The summed E-state index contributed by atoms with van der Waals surface area (Å²) in [5.41, 5.74) is 1.01. The quantitative estimate of drug-likeness (QED) is 0.861. The molecule has 1 N–H and O–H groups in total. The minimum Gasteiger partial charge on any atom is -0.393 e. The predicted octanol–water partition coefficient (Wildman–Crippen LogP) is 2.25. The van der Waals surface area contributed by atoms with Gasteiger partial charge in [-0.2, -0.15) is 8.42 Å². The lowest BCUT2D eigenvalue weighted by Gasteiger charge is -2.24. The highest BCUT2D eigenvalue weighted by atomic mass is 32.2. The molecule has 5 heteroatoms. The molecule has 1 aromatic rings. The van der Waals surface area contributed by atoms with E-state index in [1.54, 1.807) is 24.3 Å². The van der Waals surface area contributed by atoms with Gasteiger partial charge in [0.1, 0.15) is 0 Å². The summed E-state index contributed by atoms with van der Waals surface area (Å²) >= 11 is 0. The van der Waals surface area contributed by atoms with Crippen LogP contribution in [0.15, 0.2) is 29.2 Å². The Morgan fingerprint density at radius 2 is 1.74 bits per heavy atom. The Morgan fingerprint density at radius 3 is 2.32 bits per heavy atom. The molecule has 106 valence electrons. The van der Waals surface area contributed by atoms with Crippen LogP contribution < -0.4 is 0 Å². The maximum Gasteiger partial charge on any atom is 0.296 e. The zero-order valence-corrected chi connectivity index (χ0v) is 11.9. The first kappa shape index (κ1) is 14.5. The zero-order chi connectivity index (χ0) is 13.9. The molecule has 0 radical (unpaired) electrons. The van der Waals surface area contributed by atoms with Crippen LogP contribution in [-0.2, 0) is 14.3 Å². The van der Waals surface area contributed by atoms with Gasteiger partial charge >= 0.3 is 0 Å². The van der Waals surface area contributed by atoms with E-state index in [1.165, 1.54) is 0 Å². The second-order valence-corrected chi connectivity index (χ2v) is 6.84. The van der Waals surface area contributed by atoms with Gasteiger partial charge in [-0.15, -0.1) is 0 Å². The summed E-state index contributed by atoms with van der Waals surface area (Å²) in [6.07, 6.45) is 2.89. The van der Waals surface area contributed by atoms with Gasteiger partial charge in [0, 0.05) is 0 Å². The van der Waals surface area contributed by atoms with Gasteiger partial charge in [-0.1, -0.05) is 17.7 Å². The topological polar surface area (TPSA) is 63.6 Å². The molecule has 0 saturated heterocycles. The molecule has 1 fully saturated rings. The van der Waals surface area contributed by atoms with Crippen molar-refractivity contribution in [2.45, 2.75) is 43.6 Å². The van der Waals surface area contributed by atoms with Gasteiger partial charge in [0.05, 0.1) is 17.6 Å². The van der Waals surface area contributed by atoms with Crippen molar-refractivity contribution >= 4 is 10.1 Å². The number of aliphatic hydroxyl groups is 1. The standard InChI is InChI=1S/C14H20O4S/c1-11-2-8-14(9-3-11)19(16,17)18-10-12-4-6-13(15)7-5-12/h2-3,8-9,12-13,15H,4-7,10H2,1H3/t12-,13-. The van der Waals surface area contributed by atoms with Crippen LogP contribution in [0.25, 0.3) is 0 Å². The first-order valence-electron chi connectivity index (χ1n) is 6.61. The van der Waals surface area contributed by atoms with E-state index in [0.29, 0.717) is 0 Å². The molecule has 1 saturated carbocycles. The molecule has 4 nitrogen and oxygen atoms in total. The monoisotopic (exact) mass is 284 g/mol. The highest BCUT2D eigenvalue weighted by molar-refractivity contribution is 7.86. The molecule has 1 aliphatic rings. The molecule has 0 atom stereocenters. The summed E-state index contributed by atoms with van der Waals surface area (Å²) in [4.78, 5) is 0.203. The molecule has 19 heavy (non-hydrogen) atoms. The number of aliphatic hydroxyl groups excluding tert-OH is 1. The highest BCUT2D eigenvalue weighted by Gasteiger charge is 2.22. The van der Waals surface area contributed by atoms with Gasteiger partial charge in [0.15, 0.2) is 0 Å². The van der Waals surface area contributed by atoms with Gasteiger partial charge < -0.3 is 5.11 Å². The minimum absolute atomic E-state index is 0.203. The Labute approximate surface area is 114 Å². The van der Waals surface area contributed by atoms with E-state index in [0.717, 1.165) is 31.2 Å². The molecule has 0 amide bonds. The van der Waals surface area contributed by atoms with Crippen LogP contribution in [0.5, 0.6) is 0 Å². The van der Waals surface area contributed by atoms with Gasteiger partial charge in [0.25, 0.3) is 10.1 Å². The van der Waals surface area contributed by atoms with Crippen molar-refractivity contribution in [1.82, 2.24) is 0 Å². The average molecular weight is 284 g/mol. The van der Waals surface area contributed by atoms with Gasteiger partial charge in [0.2, 0.25) is 0 Å². The smallest absolute Gasteiger partial charge is 0.296 e. The van der Waals surface area contributed by atoms with E-state index in [-0.39, 0.29) is 23.5 Å². The van der Waals surface area contributed by atoms with Gasteiger partial charge in [-0.05, 0) is 50.7 Å². The fourth-order valence-corrected chi connectivity index (χ4v) is 3.25. The molecule has 0 heterocycles. The molecule has 0 bridgehead atoms. The highest BCUT2D eigenvalue weighted by Crippen LogP contribution is 2.25. The van der Waals surface area contributed by atoms with Crippen molar-refractivity contribution in [2.75, 3.05) is 6.61 Å². The van der Waals surface area contributed by atoms with Crippen LogP contribution in [0, 0.1) is 12.8 Å². The second-order valence-electron chi connectivity index (χ2n) is 5.23. The van der Waals surface area contributed by atoms with E-state index in [4.69, 9.17) is 4.18 Å². The van der Waals surface area contributed by atoms with Gasteiger partial charge in [-0.25, -0.2) is 0 Å². The molecular weight excluding hydrogens is 264 g/mol. The molecule has 0 aliphatic heterocycles. The summed E-state index contributed by atoms with van der Waals surface area (Å²) in [5, 5.41) is 9.40. The lowest BCUT2D eigenvalue weighted by Crippen LogP contribution is -2.23. The summed E-state index contributed by atoms with van der Waals surface area (Å²) in [6.45, 7) is 2.12. The third-order valence-electron chi connectivity index (χ3n) is 3.58. The summed E-state index contributed by atoms with van der Waals surface area (Å²) < 4.78 is 29.1. The molecule has 0 spiro atoms. The van der Waals surface area contributed by atoms with E-state index in [9.17, 15) is 13.5 Å². The van der Waals surface area contributed by atoms with Crippen molar-refractivity contribution in [1.29, 1.82) is 0 Å². The molecule has 1 aliphatic carbocycles. The minimum atomic E-state index is -3.65. The Kier molecular flexibility index (Phi) is 4.60. The Morgan fingerprint density at radius 1 is 1.16 bits per heavy atom. The number of hydrogen-bond acceptors (Lipinski definition) is 4. The first-order chi connectivity index (χ1) is 8.97. The first-order valence-corrected chi connectivity index (χ1v) is 8.02. The lowest BCUT2D eigenvalue weighted by atomic mass is 9.88. The number of benzene rings is 1. The van der Waals surface area contributed by atoms with Gasteiger partial charge in [-0.3, -0.25) is 4.18 Å². The number of rotatable bonds is 4. The van der Waals surface area contributed by atoms with Crippen molar-refractivity contribution in [3.8, 4) is 0 Å². The fraction of sp³-hybridized carbons (Fsp3) is 0.571. The molecule has 1 aromatic carbocycles. The maximum absolute atomic E-state index is 12.0. The van der Waals surface area contributed by atoms with Crippen LogP contribution in [0.1, 0.15) is 31.2 Å². The van der Waals surface area contributed by atoms with Crippen molar-refractivity contribution in [3.05, 3.63) is 29.8 Å². The molecule has 2 rings (SSSR count). The van der Waals surface area contributed by atoms with E-state index < -0.39 is 10.1 Å². The SMILES string of the molecule is Cc1ccc(S(=O)(=O)OC[C@H]2CC[C@H](O)CC2)cc1. The molecule has 0 aromatic heterocycles. The van der Waals surface area contributed by atoms with Crippen LogP contribution >= 0.6 is 0 Å². The van der Waals surface area contributed by atoms with Crippen LogP contribution in [0.4, 0.5) is 0 Å². The van der Waals surface area contributed by atoms with Crippen LogP contribution in [0.3, 0.4) is 0 Å². The summed E-state index contributed by atoms with van der Waals surface area (Å²) in [7, 11) is -3.65. The third kappa shape index (κ3) is 4.03. The third-order valence-corrected chi connectivity index (χ3v) is 4.88. The summed E-state index contributed by atoms with van der Waals surface area (Å²) in [6, 6.07) is 6.64. The predicted molar refractivity (Wildman–Crippen MR) is 72.3 cm³/mol. The fourth-order valence-electron chi connectivity index (χ4n) is 2.27. The van der Waals surface area contributed by atoms with Crippen LogP contribution in [-0.4, -0.2) is 26.2 Å². The van der Waals surface area contributed by atoms with E-state index in [2.05, 4.69) is 0 Å². The van der Waals surface area contributed by atoms with Crippen molar-refractivity contribution in [2.24, 2.45) is 5.92 Å². The normalized spacial score (nSPS) is 24.3. The average Bonchev–Trinajstić information content (AvgIpc) is 2.39. The van der Waals surface area contributed by atoms with Crippen LogP contribution in [0.2, 0.25) is 0 Å². The maximum atomic E-state index is 12.0. The lowest BCUT2D eigenvalue weighted by molar-refractivity contribution is 0.0929. The summed E-state index contributed by atoms with van der Waals surface area (Å²) in [5.74, 6) is 0.226.